The van der Waals surface area contributed by atoms with Gasteiger partial charge in [0, 0.05) is 34.7 Å². The average Bonchev–Trinajstić information content (AvgIpc) is 2.97. The summed E-state index contributed by atoms with van der Waals surface area (Å²) >= 11 is 0. The molecule has 0 saturated heterocycles. The van der Waals surface area contributed by atoms with E-state index in [1.54, 1.807) is 7.05 Å². The van der Waals surface area contributed by atoms with Gasteiger partial charge in [0.1, 0.15) is 0 Å². The number of hydrogen-bond acceptors (Lipinski definition) is 4. The monoisotopic (exact) mass is 327 g/mol. The number of aryl methyl sites for hydroxylation is 3. The highest BCUT2D eigenvalue weighted by Gasteiger charge is 2.19. The Morgan fingerprint density at radius 3 is 2.33 bits per heavy atom. The van der Waals surface area contributed by atoms with Gasteiger partial charge in [0.05, 0.1) is 0 Å². The minimum absolute atomic E-state index is 0.318. The highest BCUT2D eigenvalue weighted by molar-refractivity contribution is 5.74. The Kier molecular flexibility index (Phi) is 4.01. The largest absolute Gasteiger partial charge is 0.348 e. The van der Waals surface area contributed by atoms with Crippen LogP contribution in [-0.2, 0) is 27.1 Å². The molecule has 0 spiro atoms. The quantitative estimate of drug-likeness (QED) is 0.709. The van der Waals surface area contributed by atoms with E-state index in [0.717, 1.165) is 11.0 Å². The van der Waals surface area contributed by atoms with Crippen LogP contribution in [0.15, 0.2) is 39.9 Å². The number of anilines is 1. The second-order valence-corrected chi connectivity index (χ2v) is 6.07. The van der Waals surface area contributed by atoms with Gasteiger partial charge >= 0.3 is 5.69 Å². The zero-order valence-corrected chi connectivity index (χ0v) is 14.4. The van der Waals surface area contributed by atoms with Gasteiger partial charge in [0.15, 0.2) is 11.2 Å². The molecule has 0 unspecified atom stereocenters. The molecule has 126 valence electrons. The van der Waals surface area contributed by atoms with E-state index in [2.05, 4.69) is 17.1 Å². The molecule has 0 aliphatic rings. The molecule has 0 N–H and O–H groups in total. The first-order chi connectivity index (χ1) is 11.4. The lowest BCUT2D eigenvalue weighted by Crippen LogP contribution is -2.37. The van der Waals surface area contributed by atoms with Crippen LogP contribution in [0.2, 0.25) is 0 Å². The lowest BCUT2D eigenvalue weighted by Gasteiger charge is -2.14. The summed E-state index contributed by atoms with van der Waals surface area (Å²) in [4.78, 5) is 31.2. The Labute approximate surface area is 139 Å². The van der Waals surface area contributed by atoms with Crippen LogP contribution in [0.4, 0.5) is 5.95 Å². The van der Waals surface area contributed by atoms with Crippen LogP contribution in [0, 0.1) is 0 Å². The van der Waals surface area contributed by atoms with E-state index >= 15 is 0 Å². The first-order valence-electron chi connectivity index (χ1n) is 7.79. The molecule has 0 amide bonds. The smallest absolute Gasteiger partial charge is 0.332 e. The average molecular weight is 327 g/mol. The summed E-state index contributed by atoms with van der Waals surface area (Å²) < 4.78 is 4.44. The van der Waals surface area contributed by atoms with Crippen molar-refractivity contribution in [1.82, 2.24) is 18.7 Å². The van der Waals surface area contributed by atoms with Gasteiger partial charge in [-0.2, -0.15) is 4.98 Å². The normalized spacial score (nSPS) is 11.2. The summed E-state index contributed by atoms with van der Waals surface area (Å²) in [6.07, 6.45) is 0.777. The minimum atomic E-state index is -0.370. The van der Waals surface area contributed by atoms with Crippen LogP contribution >= 0.6 is 0 Å². The Morgan fingerprint density at radius 1 is 1.04 bits per heavy atom. The third-order valence-corrected chi connectivity index (χ3v) is 4.19. The number of hydrogen-bond donors (Lipinski definition) is 0. The van der Waals surface area contributed by atoms with Gasteiger partial charge in [0.25, 0.3) is 5.56 Å². The van der Waals surface area contributed by atoms with Crippen molar-refractivity contribution < 1.29 is 0 Å². The molecule has 0 bridgehead atoms. The van der Waals surface area contributed by atoms with Crippen LogP contribution in [-0.4, -0.2) is 32.8 Å². The van der Waals surface area contributed by atoms with Crippen molar-refractivity contribution in [3.8, 4) is 0 Å². The molecule has 0 aliphatic heterocycles. The number of aromatic nitrogens is 4. The summed E-state index contributed by atoms with van der Waals surface area (Å²) in [5, 5.41) is 0. The lowest BCUT2D eigenvalue weighted by atomic mass is 10.1. The highest BCUT2D eigenvalue weighted by Crippen LogP contribution is 2.18. The summed E-state index contributed by atoms with van der Waals surface area (Å²) in [7, 11) is 6.89. The zero-order valence-electron chi connectivity index (χ0n) is 14.4. The van der Waals surface area contributed by atoms with Gasteiger partial charge < -0.3 is 9.47 Å². The number of imidazole rings is 1. The second-order valence-electron chi connectivity index (χ2n) is 6.07. The Morgan fingerprint density at radius 2 is 1.71 bits per heavy atom. The van der Waals surface area contributed by atoms with Gasteiger partial charge in [-0.25, -0.2) is 4.79 Å². The molecule has 24 heavy (non-hydrogen) atoms. The van der Waals surface area contributed by atoms with Crippen LogP contribution in [0.5, 0.6) is 0 Å². The van der Waals surface area contributed by atoms with E-state index in [9.17, 15) is 9.59 Å². The maximum atomic E-state index is 12.6. The van der Waals surface area contributed by atoms with E-state index in [4.69, 9.17) is 0 Å². The van der Waals surface area contributed by atoms with Crippen LogP contribution in [0.1, 0.15) is 5.56 Å². The summed E-state index contributed by atoms with van der Waals surface area (Å²) in [5.74, 6) is 0.666. The van der Waals surface area contributed by atoms with Crippen molar-refractivity contribution in [1.29, 1.82) is 0 Å². The standard InChI is InChI=1S/C17H21N5O2/c1-19(2)16-18-14-13(15(23)21(4)17(24)20(14)3)22(16)11-10-12-8-6-5-7-9-12/h5-9H,10-11H2,1-4H3. The van der Waals surface area contributed by atoms with E-state index in [0.29, 0.717) is 23.7 Å². The van der Waals surface area contributed by atoms with E-state index in [1.165, 1.54) is 17.2 Å². The fourth-order valence-corrected chi connectivity index (χ4v) is 2.87. The summed E-state index contributed by atoms with van der Waals surface area (Å²) in [6, 6.07) is 10.1. The van der Waals surface area contributed by atoms with E-state index in [1.807, 2.05) is 41.8 Å². The molecule has 1 aromatic carbocycles. The maximum absolute atomic E-state index is 12.6. The van der Waals surface area contributed by atoms with Crippen LogP contribution in [0.25, 0.3) is 11.2 Å². The Balaban J connectivity index is 2.19. The number of fused-ring (bicyclic) bond motifs is 1. The molecule has 0 fully saturated rings. The first kappa shape index (κ1) is 16.0. The van der Waals surface area contributed by atoms with Crippen LogP contribution in [0.3, 0.4) is 0 Å². The molecule has 0 aliphatic carbocycles. The summed E-state index contributed by atoms with van der Waals surface area (Å²) in [5.41, 5.74) is 1.37. The van der Waals surface area contributed by atoms with Gasteiger partial charge in [0.2, 0.25) is 5.95 Å². The van der Waals surface area contributed by atoms with Gasteiger partial charge in [-0.1, -0.05) is 30.3 Å². The SMILES string of the molecule is CN(C)c1nc2c(c(=O)n(C)c(=O)n2C)n1CCc1ccccc1. The van der Waals surface area contributed by atoms with Gasteiger partial charge in [-0.05, 0) is 12.0 Å². The van der Waals surface area contributed by atoms with Crippen molar-refractivity contribution >= 4 is 17.1 Å². The fraction of sp³-hybridized carbons (Fsp3) is 0.353. The van der Waals surface area contributed by atoms with Gasteiger partial charge in [-0.3, -0.25) is 13.9 Å². The predicted molar refractivity (Wildman–Crippen MR) is 94.7 cm³/mol. The molecular formula is C17H21N5O2. The molecule has 7 heteroatoms. The molecule has 0 radical (unpaired) electrons. The first-order valence-corrected chi connectivity index (χ1v) is 7.79. The maximum Gasteiger partial charge on any atom is 0.332 e. The molecule has 2 heterocycles. The predicted octanol–water partition coefficient (Wildman–Crippen LogP) is 0.742. The molecule has 0 saturated carbocycles. The lowest BCUT2D eigenvalue weighted by molar-refractivity contribution is 0.682. The molecular weight excluding hydrogens is 306 g/mol. The zero-order chi connectivity index (χ0) is 17.4. The third kappa shape index (κ3) is 2.51. The Bertz CT molecular complexity index is 996. The minimum Gasteiger partial charge on any atom is -0.348 e. The van der Waals surface area contributed by atoms with Crippen LogP contribution < -0.4 is 16.1 Å². The van der Waals surface area contributed by atoms with Crippen molar-refractivity contribution in [3.05, 3.63) is 56.7 Å². The van der Waals surface area contributed by atoms with Crippen molar-refractivity contribution in [2.24, 2.45) is 14.1 Å². The summed E-state index contributed by atoms with van der Waals surface area (Å²) in [6.45, 7) is 0.613. The van der Waals surface area contributed by atoms with Crippen molar-refractivity contribution in [3.63, 3.8) is 0 Å². The highest BCUT2D eigenvalue weighted by atomic mass is 16.2. The van der Waals surface area contributed by atoms with E-state index in [-0.39, 0.29) is 11.2 Å². The number of benzene rings is 1. The molecule has 3 aromatic rings. The van der Waals surface area contributed by atoms with Crippen molar-refractivity contribution in [2.75, 3.05) is 19.0 Å². The topological polar surface area (TPSA) is 65.1 Å². The fourth-order valence-electron chi connectivity index (χ4n) is 2.87. The van der Waals surface area contributed by atoms with E-state index < -0.39 is 0 Å². The molecule has 0 atom stereocenters. The number of rotatable bonds is 4. The molecule has 2 aromatic heterocycles. The third-order valence-electron chi connectivity index (χ3n) is 4.19. The molecule has 3 rings (SSSR count). The van der Waals surface area contributed by atoms with Gasteiger partial charge in [-0.15, -0.1) is 0 Å². The Hall–Kier alpha value is -2.83. The number of nitrogens with zero attached hydrogens (tertiary/aromatic N) is 5. The molecule has 7 nitrogen and oxygen atoms in total. The second kappa shape index (κ2) is 5.99. The van der Waals surface area contributed by atoms with Crippen molar-refractivity contribution in [2.45, 2.75) is 13.0 Å².